The quantitative estimate of drug-likeness (QED) is 0.271. The standard InChI is InChI=1S/C36H42Cl2N4O3S/c1-22-6-4-8-29(32-18-39-35(38)41(32)3)28-12-9-26(28)19-42-20-36(15-5-7-24-16-27(37)11-13-30(24)36)21-45-33-14-10-25(17-31(33)42)34(43)40-46(44)23(22)2/h4,8,10-11,13-14,16-18,22-23,26,28-29H,5-7,9,12,15,19-21H2,1-3H3,(H,40,43)/b8-4+/t22?,23?,26?,28?,29?,36-,46?/m0/s1. The molecule has 1 amide bonds. The molecule has 3 aromatic rings. The zero-order valence-electron chi connectivity index (χ0n) is 26.7. The van der Waals surface area contributed by atoms with E-state index in [1.165, 1.54) is 11.1 Å². The van der Waals surface area contributed by atoms with Crippen molar-refractivity contribution < 1.29 is 13.7 Å². The van der Waals surface area contributed by atoms with Crippen LogP contribution in [0, 0.1) is 17.8 Å². The first-order valence-corrected chi connectivity index (χ1v) is 18.5. The van der Waals surface area contributed by atoms with E-state index in [9.17, 15) is 9.00 Å². The molecule has 4 aliphatic rings. The van der Waals surface area contributed by atoms with Crippen LogP contribution >= 0.6 is 23.2 Å². The van der Waals surface area contributed by atoms with E-state index in [0.717, 1.165) is 73.8 Å². The summed E-state index contributed by atoms with van der Waals surface area (Å²) in [6.45, 7) is 6.21. The number of nitrogens with one attached hydrogen (secondary N) is 1. The number of allylic oxidation sites excluding steroid dienone is 2. The smallest absolute Gasteiger partial charge is 0.263 e. The summed E-state index contributed by atoms with van der Waals surface area (Å²) in [6.07, 6.45) is 12.6. The Morgan fingerprint density at radius 2 is 1.98 bits per heavy atom. The number of carbonyl (C=O) groups is 1. The maximum atomic E-state index is 13.5. The number of hydrogen-bond donors (Lipinski definition) is 1. The molecule has 244 valence electrons. The van der Waals surface area contributed by atoms with E-state index in [-0.39, 0.29) is 28.4 Å². The van der Waals surface area contributed by atoms with Crippen LogP contribution in [-0.4, -0.2) is 44.6 Å². The van der Waals surface area contributed by atoms with Crippen LogP contribution in [0.25, 0.3) is 0 Å². The average molecular weight is 682 g/mol. The second-order valence-corrected chi connectivity index (χ2v) is 16.2. The van der Waals surface area contributed by atoms with E-state index in [2.05, 4.69) is 45.8 Å². The van der Waals surface area contributed by atoms with Crippen LogP contribution in [0.5, 0.6) is 5.75 Å². The summed E-state index contributed by atoms with van der Waals surface area (Å²) in [7, 11) is 0.453. The van der Waals surface area contributed by atoms with Crippen LogP contribution in [0.4, 0.5) is 5.69 Å². The molecule has 0 radical (unpaired) electrons. The van der Waals surface area contributed by atoms with Crippen molar-refractivity contribution in [2.75, 3.05) is 24.6 Å². The van der Waals surface area contributed by atoms with Crippen LogP contribution in [0.1, 0.15) is 79.0 Å². The van der Waals surface area contributed by atoms with Crippen molar-refractivity contribution >= 4 is 45.8 Å². The van der Waals surface area contributed by atoms with Gasteiger partial charge in [-0.05, 0) is 116 Å². The minimum atomic E-state index is -1.54. The van der Waals surface area contributed by atoms with Crippen molar-refractivity contribution in [1.82, 2.24) is 14.3 Å². The summed E-state index contributed by atoms with van der Waals surface area (Å²) >= 11 is 12.9. The molecule has 7 rings (SSSR count). The molecule has 2 bridgehead atoms. The third-order valence-electron chi connectivity index (χ3n) is 11.2. The Hall–Kier alpha value is -2.81. The highest BCUT2D eigenvalue weighted by Crippen LogP contribution is 2.49. The van der Waals surface area contributed by atoms with E-state index < -0.39 is 11.0 Å². The summed E-state index contributed by atoms with van der Waals surface area (Å²) in [5.41, 5.74) is 4.94. The maximum Gasteiger partial charge on any atom is 0.263 e. The lowest BCUT2D eigenvalue weighted by Gasteiger charge is -2.46. The van der Waals surface area contributed by atoms with Gasteiger partial charge in [-0.15, -0.1) is 0 Å². The van der Waals surface area contributed by atoms with Crippen molar-refractivity contribution in [3.05, 3.63) is 87.4 Å². The number of rotatable bonds is 1. The van der Waals surface area contributed by atoms with Gasteiger partial charge in [-0.2, -0.15) is 0 Å². The van der Waals surface area contributed by atoms with Crippen LogP contribution in [0.15, 0.2) is 54.7 Å². The molecule has 1 N–H and O–H groups in total. The SMILES string of the molecule is CC1C/C=C/C(c2cnc(Cl)n2C)C2CCC2CN2C[C@@]3(CCCc4cc(Cl)ccc43)COc3ccc(cc32)C(=O)NS(=O)C1C. The van der Waals surface area contributed by atoms with Gasteiger partial charge in [0.1, 0.15) is 16.7 Å². The highest BCUT2D eigenvalue weighted by Gasteiger charge is 2.45. The van der Waals surface area contributed by atoms with Gasteiger partial charge in [0, 0.05) is 47.8 Å². The maximum absolute atomic E-state index is 13.5. The Labute approximate surface area is 284 Å². The number of carbonyl (C=O) groups excluding carboxylic acids is 1. The number of amides is 1. The van der Waals surface area contributed by atoms with E-state index in [4.69, 9.17) is 27.9 Å². The molecule has 10 heteroatoms. The monoisotopic (exact) mass is 680 g/mol. The van der Waals surface area contributed by atoms with Crippen LogP contribution in [0.2, 0.25) is 10.3 Å². The number of nitrogens with zero attached hydrogens (tertiary/aromatic N) is 3. The fourth-order valence-electron chi connectivity index (χ4n) is 8.09. The van der Waals surface area contributed by atoms with Gasteiger partial charge < -0.3 is 14.2 Å². The van der Waals surface area contributed by atoms with Gasteiger partial charge in [0.15, 0.2) is 0 Å². The topological polar surface area (TPSA) is 76.5 Å². The Balaban J connectivity index is 1.32. The second kappa shape index (κ2) is 12.7. The summed E-state index contributed by atoms with van der Waals surface area (Å²) in [4.78, 5) is 20.4. The number of benzene rings is 2. The largest absolute Gasteiger partial charge is 0.490 e. The van der Waals surface area contributed by atoms with Crippen LogP contribution in [-0.2, 0) is 29.9 Å². The number of anilines is 1. The number of imidazole rings is 1. The zero-order valence-corrected chi connectivity index (χ0v) is 29.0. The number of halogens is 2. The third kappa shape index (κ3) is 5.79. The van der Waals surface area contributed by atoms with Crippen LogP contribution < -0.4 is 14.4 Å². The van der Waals surface area contributed by atoms with Crippen molar-refractivity contribution in [2.24, 2.45) is 24.8 Å². The summed E-state index contributed by atoms with van der Waals surface area (Å²) in [5, 5.41) is 1.04. The molecule has 1 spiro atoms. The van der Waals surface area contributed by atoms with E-state index in [1.807, 2.05) is 42.9 Å². The molecule has 1 aromatic heterocycles. The molecular formula is C36H42Cl2N4O3S. The molecular weight excluding hydrogens is 639 g/mol. The van der Waals surface area contributed by atoms with E-state index in [0.29, 0.717) is 29.3 Å². The first-order chi connectivity index (χ1) is 22.1. The number of aryl methyl sites for hydroxylation is 1. The first-order valence-electron chi connectivity index (χ1n) is 16.5. The molecule has 0 saturated heterocycles. The van der Waals surface area contributed by atoms with Gasteiger partial charge in [0.25, 0.3) is 5.91 Å². The van der Waals surface area contributed by atoms with Crippen molar-refractivity contribution in [3.8, 4) is 5.75 Å². The predicted molar refractivity (Wildman–Crippen MR) is 185 cm³/mol. The Morgan fingerprint density at radius 1 is 1.13 bits per heavy atom. The molecule has 7 nitrogen and oxygen atoms in total. The highest BCUT2D eigenvalue weighted by atomic mass is 35.5. The molecule has 2 aliphatic heterocycles. The molecule has 7 atom stereocenters. The van der Waals surface area contributed by atoms with Gasteiger partial charge >= 0.3 is 0 Å². The number of fused-ring (bicyclic) bond motifs is 4. The normalized spacial score (nSPS) is 31.9. The lowest BCUT2D eigenvalue weighted by molar-refractivity contribution is 0.0982. The van der Waals surface area contributed by atoms with Gasteiger partial charge in [0.2, 0.25) is 5.28 Å². The lowest BCUT2D eigenvalue weighted by atomic mass is 9.65. The molecule has 2 aliphatic carbocycles. The zero-order chi connectivity index (χ0) is 32.2. The minimum absolute atomic E-state index is 0.110. The first kappa shape index (κ1) is 31.8. The predicted octanol–water partition coefficient (Wildman–Crippen LogP) is 7.39. The minimum Gasteiger partial charge on any atom is -0.490 e. The fraction of sp³-hybridized carbons (Fsp3) is 0.500. The summed E-state index contributed by atoms with van der Waals surface area (Å²) in [6, 6.07) is 12.0. The molecule has 6 unspecified atom stereocenters. The highest BCUT2D eigenvalue weighted by molar-refractivity contribution is 7.84. The van der Waals surface area contributed by atoms with Gasteiger partial charge in [-0.25, -0.2) is 9.19 Å². The van der Waals surface area contributed by atoms with Gasteiger partial charge in [-0.3, -0.25) is 9.52 Å². The number of aromatic nitrogens is 2. The number of ether oxygens (including phenoxy) is 1. The lowest BCUT2D eigenvalue weighted by Crippen LogP contribution is -2.49. The molecule has 2 aromatic carbocycles. The fourth-order valence-corrected chi connectivity index (χ4v) is 9.45. The van der Waals surface area contributed by atoms with Crippen molar-refractivity contribution in [3.63, 3.8) is 0 Å². The van der Waals surface area contributed by atoms with E-state index in [1.54, 1.807) is 6.07 Å². The molecule has 1 saturated carbocycles. The summed E-state index contributed by atoms with van der Waals surface area (Å²) < 4.78 is 24.8. The van der Waals surface area contributed by atoms with Gasteiger partial charge in [0.05, 0.1) is 23.7 Å². The second-order valence-electron chi connectivity index (χ2n) is 13.9. The van der Waals surface area contributed by atoms with Crippen molar-refractivity contribution in [2.45, 2.75) is 69.0 Å². The Morgan fingerprint density at radius 3 is 2.74 bits per heavy atom. The number of hydrogen-bond acceptors (Lipinski definition) is 5. The van der Waals surface area contributed by atoms with Crippen molar-refractivity contribution in [1.29, 1.82) is 0 Å². The Bertz CT molecular complexity index is 1710. The Kier molecular flexibility index (Phi) is 8.75. The molecule has 1 fully saturated rings. The van der Waals surface area contributed by atoms with Gasteiger partial charge in [-0.1, -0.05) is 36.7 Å². The third-order valence-corrected chi connectivity index (χ3v) is 13.3. The molecule has 3 heterocycles. The summed E-state index contributed by atoms with van der Waals surface area (Å²) in [5.74, 6) is 1.56. The molecule has 46 heavy (non-hydrogen) atoms. The average Bonchev–Trinajstić information content (AvgIpc) is 3.28. The van der Waals surface area contributed by atoms with E-state index >= 15 is 0 Å². The van der Waals surface area contributed by atoms with Crippen LogP contribution in [0.3, 0.4) is 0 Å².